The largest absolute Gasteiger partial charge is 0.507 e. The Labute approximate surface area is 203 Å². The number of benzene rings is 3. The van der Waals surface area contributed by atoms with E-state index in [9.17, 15) is 15.0 Å². The van der Waals surface area contributed by atoms with Crippen molar-refractivity contribution in [2.75, 3.05) is 24.7 Å². The molecule has 0 spiro atoms. The van der Waals surface area contributed by atoms with Gasteiger partial charge in [0, 0.05) is 24.4 Å². The molecule has 5 rings (SSSR count). The van der Waals surface area contributed by atoms with E-state index >= 15 is 0 Å². The number of phenolic OH excluding ortho intramolecular Hbond substituents is 1. The number of aliphatic hydroxyl groups excluding tert-OH is 1. The maximum Gasteiger partial charge on any atom is 0.270 e. The maximum atomic E-state index is 13.8. The van der Waals surface area contributed by atoms with Crippen molar-refractivity contribution in [1.29, 1.82) is 0 Å². The highest BCUT2D eigenvalue weighted by atomic mass is 16.7. The number of para-hydroxylation sites is 2. The predicted octanol–water partition coefficient (Wildman–Crippen LogP) is 4.16. The third-order valence-electron chi connectivity index (χ3n) is 6.43. The first-order valence-electron chi connectivity index (χ1n) is 11.6. The minimum absolute atomic E-state index is 0.0282. The van der Waals surface area contributed by atoms with Crippen molar-refractivity contribution in [1.82, 2.24) is 0 Å². The molecule has 2 unspecified atom stereocenters. The molecule has 0 aromatic heterocycles. The third-order valence-corrected chi connectivity index (χ3v) is 6.43. The smallest absolute Gasteiger partial charge is 0.270 e. The Morgan fingerprint density at radius 2 is 1.71 bits per heavy atom. The molecule has 2 aliphatic heterocycles. The van der Waals surface area contributed by atoms with Crippen LogP contribution in [-0.4, -0.2) is 35.9 Å². The van der Waals surface area contributed by atoms with Gasteiger partial charge in [-0.1, -0.05) is 60.7 Å². The van der Waals surface area contributed by atoms with Gasteiger partial charge in [-0.05, 0) is 30.2 Å². The lowest BCUT2D eigenvalue weighted by molar-refractivity contribution is -0.125. The summed E-state index contributed by atoms with van der Waals surface area (Å²) in [5.74, 6) is -0.0361. The molecule has 180 valence electrons. The average Bonchev–Trinajstić information content (AvgIpc) is 3.47. The molecule has 2 heterocycles. The van der Waals surface area contributed by atoms with Gasteiger partial charge in [-0.3, -0.25) is 4.79 Å². The van der Waals surface area contributed by atoms with Crippen LogP contribution in [0.2, 0.25) is 0 Å². The van der Waals surface area contributed by atoms with Crippen molar-refractivity contribution in [2.24, 2.45) is 0 Å². The fourth-order valence-electron chi connectivity index (χ4n) is 4.62. The first kappa shape index (κ1) is 23.0. The van der Waals surface area contributed by atoms with Crippen LogP contribution in [-0.2, 0) is 31.0 Å². The molecule has 0 saturated heterocycles. The van der Waals surface area contributed by atoms with Crippen LogP contribution in [0.3, 0.4) is 0 Å². The molecule has 3 aromatic carbocycles. The molecule has 2 N–H and O–H groups in total. The highest BCUT2D eigenvalue weighted by Gasteiger charge is 2.56. The van der Waals surface area contributed by atoms with Gasteiger partial charge in [0.2, 0.25) is 5.91 Å². The Morgan fingerprint density at radius 3 is 2.51 bits per heavy atom. The van der Waals surface area contributed by atoms with Crippen LogP contribution in [0.25, 0.3) is 0 Å². The van der Waals surface area contributed by atoms with Crippen molar-refractivity contribution in [3.63, 3.8) is 0 Å². The Hall–Kier alpha value is -3.81. The lowest BCUT2D eigenvalue weighted by Gasteiger charge is -2.27. The highest BCUT2D eigenvalue weighted by Crippen LogP contribution is 2.50. The van der Waals surface area contributed by atoms with Crippen LogP contribution in [0.15, 0.2) is 90.9 Å². The van der Waals surface area contributed by atoms with Crippen molar-refractivity contribution in [3.8, 4) is 5.75 Å². The van der Waals surface area contributed by atoms with E-state index in [1.807, 2.05) is 54.6 Å². The molecule has 2 atom stereocenters. The maximum absolute atomic E-state index is 13.8. The van der Waals surface area contributed by atoms with Crippen LogP contribution in [0.5, 0.6) is 5.75 Å². The monoisotopic (exact) mass is 473 g/mol. The molecule has 7 nitrogen and oxygen atoms in total. The quantitative estimate of drug-likeness (QED) is 0.454. The summed E-state index contributed by atoms with van der Waals surface area (Å²) in [4.78, 5) is 15.5. The SMILES string of the molecule is O=C1N(CCCOCc2ccccc2)c2ccccc2C1(CO)C1=COC(c2ccccc2O)O1. The van der Waals surface area contributed by atoms with Gasteiger partial charge in [0.1, 0.15) is 12.0 Å². The van der Waals surface area contributed by atoms with Crippen LogP contribution < -0.4 is 4.90 Å². The number of fused-ring (bicyclic) bond motifs is 1. The summed E-state index contributed by atoms with van der Waals surface area (Å²) in [6.07, 6.45) is 1.09. The summed E-state index contributed by atoms with van der Waals surface area (Å²) in [6.45, 7) is 0.957. The number of carbonyl (C=O) groups is 1. The standard InChI is InChI=1S/C28H27NO6/c30-19-28(25-18-34-26(35-25)21-11-4-7-14-24(21)31)22-12-5-6-13-23(22)29(27(28)32)15-8-16-33-17-20-9-2-1-3-10-20/h1-7,9-14,18,26,30-31H,8,15-17,19H2. The molecule has 0 aliphatic carbocycles. The third kappa shape index (κ3) is 4.13. The van der Waals surface area contributed by atoms with E-state index in [0.717, 1.165) is 11.3 Å². The predicted molar refractivity (Wildman–Crippen MR) is 129 cm³/mol. The van der Waals surface area contributed by atoms with Crippen LogP contribution in [0.4, 0.5) is 5.69 Å². The number of hydrogen-bond acceptors (Lipinski definition) is 6. The number of amides is 1. The molecule has 3 aromatic rings. The molecule has 35 heavy (non-hydrogen) atoms. The Morgan fingerprint density at radius 1 is 0.971 bits per heavy atom. The number of aromatic hydroxyl groups is 1. The fourth-order valence-corrected chi connectivity index (χ4v) is 4.62. The highest BCUT2D eigenvalue weighted by molar-refractivity contribution is 6.10. The van der Waals surface area contributed by atoms with Crippen molar-refractivity contribution in [3.05, 3.63) is 108 Å². The topological polar surface area (TPSA) is 88.5 Å². The van der Waals surface area contributed by atoms with Crippen molar-refractivity contribution >= 4 is 11.6 Å². The summed E-state index contributed by atoms with van der Waals surface area (Å²) in [7, 11) is 0. The number of aliphatic hydroxyl groups is 1. The zero-order valence-electron chi connectivity index (χ0n) is 19.2. The number of ether oxygens (including phenoxy) is 3. The zero-order valence-corrected chi connectivity index (χ0v) is 19.2. The van der Waals surface area contributed by atoms with E-state index in [2.05, 4.69) is 0 Å². The zero-order chi connectivity index (χ0) is 24.3. The lowest BCUT2D eigenvalue weighted by Crippen LogP contribution is -2.45. The molecular formula is C28H27NO6. The normalized spacial score (nSPS) is 20.8. The lowest BCUT2D eigenvalue weighted by atomic mass is 9.80. The van der Waals surface area contributed by atoms with E-state index in [1.54, 1.807) is 29.2 Å². The van der Waals surface area contributed by atoms with Crippen LogP contribution >= 0.6 is 0 Å². The minimum Gasteiger partial charge on any atom is -0.507 e. The molecule has 1 amide bonds. The second kappa shape index (κ2) is 9.82. The fraction of sp³-hybridized carbons (Fsp3) is 0.250. The molecule has 2 aliphatic rings. The van der Waals surface area contributed by atoms with E-state index in [4.69, 9.17) is 14.2 Å². The van der Waals surface area contributed by atoms with Gasteiger partial charge < -0.3 is 29.3 Å². The second-order valence-corrected chi connectivity index (χ2v) is 8.56. The Balaban J connectivity index is 1.31. The second-order valence-electron chi connectivity index (χ2n) is 8.56. The van der Waals surface area contributed by atoms with Gasteiger partial charge in [0.05, 0.1) is 18.8 Å². The van der Waals surface area contributed by atoms with E-state index in [1.165, 1.54) is 6.26 Å². The van der Waals surface area contributed by atoms with E-state index in [-0.39, 0.29) is 17.4 Å². The van der Waals surface area contributed by atoms with Gasteiger partial charge in [0.25, 0.3) is 6.29 Å². The van der Waals surface area contributed by atoms with E-state index in [0.29, 0.717) is 37.3 Å². The van der Waals surface area contributed by atoms with Crippen LogP contribution in [0.1, 0.15) is 29.4 Å². The van der Waals surface area contributed by atoms with Gasteiger partial charge >= 0.3 is 0 Å². The summed E-state index contributed by atoms with van der Waals surface area (Å²) in [5.41, 5.74) is 1.51. The molecule has 7 heteroatoms. The van der Waals surface area contributed by atoms with Crippen molar-refractivity contribution < 1.29 is 29.2 Å². The summed E-state index contributed by atoms with van der Waals surface area (Å²) < 4.78 is 17.5. The number of carbonyl (C=O) groups excluding carboxylic acids is 1. The van der Waals surface area contributed by atoms with Crippen molar-refractivity contribution in [2.45, 2.75) is 24.7 Å². The summed E-state index contributed by atoms with van der Waals surface area (Å²) in [6, 6.07) is 24.0. The molecule has 0 radical (unpaired) electrons. The molecule has 0 saturated carbocycles. The molecule has 0 fully saturated rings. The molecular weight excluding hydrogens is 446 g/mol. The Bertz CT molecular complexity index is 1230. The van der Waals surface area contributed by atoms with Gasteiger partial charge in [-0.2, -0.15) is 0 Å². The summed E-state index contributed by atoms with van der Waals surface area (Å²) in [5, 5.41) is 20.8. The summed E-state index contributed by atoms with van der Waals surface area (Å²) >= 11 is 0. The van der Waals surface area contributed by atoms with E-state index < -0.39 is 18.3 Å². The Kier molecular flexibility index (Phi) is 6.44. The first-order valence-corrected chi connectivity index (χ1v) is 11.6. The van der Waals surface area contributed by atoms with Gasteiger partial charge in [0.15, 0.2) is 11.2 Å². The van der Waals surface area contributed by atoms with Gasteiger partial charge in [-0.15, -0.1) is 0 Å². The molecule has 0 bridgehead atoms. The van der Waals surface area contributed by atoms with Gasteiger partial charge in [-0.25, -0.2) is 0 Å². The number of anilines is 1. The first-order chi connectivity index (χ1) is 17.1. The number of nitrogens with zero attached hydrogens (tertiary/aromatic N) is 1. The van der Waals surface area contributed by atoms with Crippen LogP contribution in [0, 0.1) is 0 Å². The number of hydrogen-bond donors (Lipinski definition) is 2. The minimum atomic E-state index is -1.42. The average molecular weight is 474 g/mol. The number of phenols is 1. The number of rotatable bonds is 9.